The van der Waals surface area contributed by atoms with E-state index in [0.29, 0.717) is 19.6 Å². The highest BCUT2D eigenvalue weighted by atomic mass is 16.5. The van der Waals surface area contributed by atoms with Crippen molar-refractivity contribution in [2.45, 2.75) is 39.2 Å². The van der Waals surface area contributed by atoms with Crippen LogP contribution in [0.15, 0.2) is 71.6 Å². The van der Waals surface area contributed by atoms with Gasteiger partial charge in [0.1, 0.15) is 17.2 Å². The lowest BCUT2D eigenvalue weighted by Gasteiger charge is -2.13. The number of benzene rings is 1. The Hall–Kier alpha value is -3.87. The number of aliphatic carboxylic acids is 1. The van der Waals surface area contributed by atoms with Gasteiger partial charge >= 0.3 is 5.97 Å². The molecule has 170 valence electrons. The van der Waals surface area contributed by atoms with Gasteiger partial charge < -0.3 is 18.8 Å². The Morgan fingerprint density at radius 1 is 1.09 bits per heavy atom. The van der Waals surface area contributed by atoms with Gasteiger partial charge in [0.15, 0.2) is 5.82 Å². The molecule has 7 heteroatoms. The molecular formula is C26H27N3O4. The van der Waals surface area contributed by atoms with E-state index in [1.165, 1.54) is 0 Å². The molecular weight excluding hydrogens is 418 g/mol. The zero-order chi connectivity index (χ0) is 23.0. The second kappa shape index (κ2) is 10.6. The quantitative estimate of drug-likeness (QED) is 0.303. The minimum Gasteiger partial charge on any atom is -0.493 e. The van der Waals surface area contributed by atoms with Crippen LogP contribution in [-0.2, 0) is 11.3 Å². The number of hydrogen-bond donors (Lipinski definition) is 1. The fraction of sp³-hybridized carbons (Fsp3) is 0.269. The third kappa shape index (κ3) is 5.88. The van der Waals surface area contributed by atoms with Crippen molar-refractivity contribution in [2.75, 3.05) is 6.61 Å². The molecule has 4 rings (SSSR count). The van der Waals surface area contributed by atoms with E-state index in [4.69, 9.17) is 19.2 Å². The van der Waals surface area contributed by atoms with Crippen LogP contribution in [0.5, 0.6) is 5.75 Å². The van der Waals surface area contributed by atoms with Gasteiger partial charge in [-0.1, -0.05) is 18.2 Å². The number of ether oxygens (including phenoxy) is 1. The first kappa shape index (κ1) is 22.3. The average molecular weight is 446 g/mol. The van der Waals surface area contributed by atoms with Crippen LogP contribution in [0.2, 0.25) is 0 Å². The van der Waals surface area contributed by atoms with Gasteiger partial charge in [0, 0.05) is 29.9 Å². The molecule has 0 aliphatic carbocycles. The first-order chi connectivity index (χ1) is 16.1. The summed E-state index contributed by atoms with van der Waals surface area (Å²) in [7, 11) is 0. The lowest BCUT2D eigenvalue weighted by atomic mass is 10.2. The van der Waals surface area contributed by atoms with Gasteiger partial charge in [0.05, 0.1) is 25.1 Å². The number of rotatable bonds is 11. The van der Waals surface area contributed by atoms with Crippen LogP contribution in [0.1, 0.15) is 36.9 Å². The van der Waals surface area contributed by atoms with Gasteiger partial charge in [-0.05, 0) is 56.5 Å². The van der Waals surface area contributed by atoms with Crippen molar-refractivity contribution in [1.82, 2.24) is 14.5 Å². The maximum absolute atomic E-state index is 10.6. The number of para-hydroxylation sites is 1. The van der Waals surface area contributed by atoms with Crippen LogP contribution in [0.3, 0.4) is 0 Å². The van der Waals surface area contributed by atoms with Crippen molar-refractivity contribution in [3.05, 3.63) is 78.4 Å². The van der Waals surface area contributed by atoms with E-state index in [1.807, 2.05) is 61.7 Å². The summed E-state index contributed by atoms with van der Waals surface area (Å²) >= 11 is 0. The molecule has 0 bridgehead atoms. The summed E-state index contributed by atoms with van der Waals surface area (Å²) in [5.41, 5.74) is 3.67. The van der Waals surface area contributed by atoms with Gasteiger partial charge in [-0.3, -0.25) is 9.78 Å². The van der Waals surface area contributed by atoms with E-state index in [2.05, 4.69) is 9.55 Å². The highest BCUT2D eigenvalue weighted by Gasteiger charge is 2.13. The Kier molecular flexibility index (Phi) is 7.19. The van der Waals surface area contributed by atoms with Crippen molar-refractivity contribution >= 4 is 5.97 Å². The summed E-state index contributed by atoms with van der Waals surface area (Å²) in [6.45, 7) is 3.13. The second-order valence-electron chi connectivity index (χ2n) is 7.90. The fourth-order valence-electron chi connectivity index (χ4n) is 3.68. The summed E-state index contributed by atoms with van der Waals surface area (Å²) in [5, 5.41) is 8.74. The molecule has 0 atom stereocenters. The Morgan fingerprint density at radius 2 is 1.97 bits per heavy atom. The molecule has 0 spiro atoms. The van der Waals surface area contributed by atoms with E-state index in [1.54, 1.807) is 12.5 Å². The molecule has 1 N–H and O–H groups in total. The van der Waals surface area contributed by atoms with Gasteiger partial charge in [-0.2, -0.15) is 0 Å². The molecule has 33 heavy (non-hydrogen) atoms. The number of nitrogens with zero attached hydrogens (tertiary/aromatic N) is 3. The van der Waals surface area contributed by atoms with Crippen molar-refractivity contribution in [3.63, 3.8) is 0 Å². The van der Waals surface area contributed by atoms with Crippen LogP contribution >= 0.6 is 0 Å². The topological polar surface area (TPSA) is 90.4 Å². The number of carboxylic acid groups (broad SMARTS) is 1. The first-order valence-corrected chi connectivity index (χ1v) is 11.1. The number of furan rings is 1. The third-order valence-corrected chi connectivity index (χ3v) is 5.30. The maximum atomic E-state index is 10.6. The van der Waals surface area contributed by atoms with Crippen molar-refractivity contribution in [1.29, 1.82) is 0 Å². The van der Waals surface area contributed by atoms with E-state index in [9.17, 15) is 4.79 Å². The van der Waals surface area contributed by atoms with E-state index in [-0.39, 0.29) is 6.42 Å². The summed E-state index contributed by atoms with van der Waals surface area (Å²) in [4.78, 5) is 19.9. The number of hydrogen-bond acceptors (Lipinski definition) is 5. The van der Waals surface area contributed by atoms with Gasteiger partial charge in [0.2, 0.25) is 0 Å². The highest BCUT2D eigenvalue weighted by Crippen LogP contribution is 2.25. The number of imidazole rings is 1. The number of carboxylic acids is 1. The van der Waals surface area contributed by atoms with Gasteiger partial charge in [-0.15, -0.1) is 0 Å². The smallest absolute Gasteiger partial charge is 0.303 e. The Bertz CT molecular complexity index is 1180. The van der Waals surface area contributed by atoms with Crippen LogP contribution in [0.25, 0.3) is 22.8 Å². The third-order valence-electron chi connectivity index (χ3n) is 5.30. The van der Waals surface area contributed by atoms with Gasteiger partial charge in [-0.25, -0.2) is 4.98 Å². The number of aromatic nitrogens is 3. The molecule has 0 unspecified atom stereocenters. The molecule has 3 heterocycles. The summed E-state index contributed by atoms with van der Waals surface area (Å²) in [6.07, 6.45) is 7.99. The number of aryl methyl sites for hydroxylation is 1. The minimum atomic E-state index is -0.752. The lowest BCUT2D eigenvalue weighted by Crippen LogP contribution is -2.06. The molecule has 0 radical (unpaired) electrons. The van der Waals surface area contributed by atoms with Crippen LogP contribution in [0.4, 0.5) is 0 Å². The van der Waals surface area contributed by atoms with Crippen molar-refractivity contribution in [3.8, 4) is 28.6 Å². The maximum Gasteiger partial charge on any atom is 0.303 e. The Labute approximate surface area is 192 Å². The summed E-state index contributed by atoms with van der Waals surface area (Å²) in [6, 6.07) is 15.7. The van der Waals surface area contributed by atoms with Crippen LogP contribution in [-0.4, -0.2) is 32.2 Å². The Morgan fingerprint density at radius 3 is 2.73 bits per heavy atom. The van der Waals surface area contributed by atoms with Gasteiger partial charge in [0.25, 0.3) is 0 Å². The summed E-state index contributed by atoms with van der Waals surface area (Å²) in [5.74, 6) is 1.65. The van der Waals surface area contributed by atoms with Crippen LogP contribution in [0, 0.1) is 6.92 Å². The van der Waals surface area contributed by atoms with E-state index in [0.717, 1.165) is 52.7 Å². The molecule has 7 nitrogen and oxygen atoms in total. The zero-order valence-corrected chi connectivity index (χ0v) is 18.6. The number of carbonyl (C=O) groups is 1. The second-order valence-corrected chi connectivity index (χ2v) is 7.90. The van der Waals surface area contributed by atoms with Crippen molar-refractivity contribution < 1.29 is 19.1 Å². The van der Waals surface area contributed by atoms with Crippen LogP contribution < -0.4 is 4.74 Å². The monoisotopic (exact) mass is 445 g/mol. The minimum absolute atomic E-state index is 0.204. The van der Waals surface area contributed by atoms with E-state index < -0.39 is 5.97 Å². The largest absolute Gasteiger partial charge is 0.493 e. The lowest BCUT2D eigenvalue weighted by molar-refractivity contribution is -0.137. The normalized spacial score (nSPS) is 10.9. The molecule has 0 saturated carbocycles. The molecule has 0 amide bonds. The fourth-order valence-corrected chi connectivity index (χ4v) is 3.68. The molecule has 3 aromatic heterocycles. The predicted molar refractivity (Wildman–Crippen MR) is 125 cm³/mol. The standard InChI is InChI=1S/C26H27N3O4/c1-19-17-29(26(28-19)22-13-12-20(16-27-22)23-10-7-15-33-23)18-21-8-4-5-9-24(21)32-14-6-2-3-11-25(30)31/h4-5,7-10,12-13,15-17H,2-3,6,11,14,18H2,1H3,(H,30,31). The number of unbranched alkanes of at least 4 members (excludes halogenated alkanes) is 2. The Balaban J connectivity index is 1.45. The average Bonchev–Trinajstić information content (AvgIpc) is 3.47. The first-order valence-electron chi connectivity index (χ1n) is 11.1. The molecule has 0 saturated heterocycles. The molecule has 4 aromatic rings. The predicted octanol–water partition coefficient (Wildman–Crippen LogP) is 5.59. The molecule has 0 fully saturated rings. The molecule has 0 aliphatic rings. The molecule has 1 aromatic carbocycles. The SMILES string of the molecule is Cc1cn(Cc2ccccc2OCCCCCC(=O)O)c(-c2ccc(-c3ccco3)cn2)n1. The summed E-state index contributed by atoms with van der Waals surface area (Å²) < 4.78 is 13.5. The van der Waals surface area contributed by atoms with E-state index >= 15 is 0 Å². The number of pyridine rings is 1. The highest BCUT2D eigenvalue weighted by molar-refractivity contribution is 5.66. The zero-order valence-electron chi connectivity index (χ0n) is 18.6. The molecule has 0 aliphatic heterocycles. The van der Waals surface area contributed by atoms with Crippen molar-refractivity contribution in [2.24, 2.45) is 0 Å².